The maximum atomic E-state index is 12.1. The lowest BCUT2D eigenvalue weighted by atomic mass is 9.92. The van der Waals surface area contributed by atoms with E-state index in [0.717, 1.165) is 18.0 Å². The Balaban J connectivity index is 0.00000338. The van der Waals surface area contributed by atoms with Gasteiger partial charge in [-0.05, 0) is 39.8 Å². The molecule has 0 saturated carbocycles. The highest BCUT2D eigenvalue weighted by Crippen LogP contribution is 2.13. The van der Waals surface area contributed by atoms with Crippen molar-refractivity contribution in [2.75, 3.05) is 19.6 Å². The van der Waals surface area contributed by atoms with Crippen LogP contribution in [0.5, 0.6) is 0 Å². The average Bonchev–Trinajstić information content (AvgIpc) is 3.01. The molecule has 144 valence electrons. The normalized spacial score (nSPS) is 11.8. The van der Waals surface area contributed by atoms with E-state index in [1.54, 1.807) is 0 Å². The molecular formula is C17H28IN7O. The Bertz CT molecular complexity index is 742. The third kappa shape index (κ3) is 5.82. The van der Waals surface area contributed by atoms with E-state index >= 15 is 0 Å². The molecule has 0 atom stereocenters. The zero-order chi connectivity index (χ0) is 18.3. The van der Waals surface area contributed by atoms with E-state index in [1.807, 2.05) is 56.5 Å². The number of aliphatic imine (C=N–C) groups is 1. The van der Waals surface area contributed by atoms with Gasteiger partial charge in [0.15, 0.2) is 17.4 Å². The van der Waals surface area contributed by atoms with Crippen molar-refractivity contribution in [3.05, 3.63) is 30.2 Å². The number of amides is 1. The van der Waals surface area contributed by atoms with Gasteiger partial charge >= 0.3 is 0 Å². The number of carbonyl (C=O) groups is 1. The molecule has 0 radical (unpaired) electrons. The van der Waals surface area contributed by atoms with Crippen molar-refractivity contribution in [2.24, 2.45) is 10.4 Å². The van der Waals surface area contributed by atoms with E-state index in [9.17, 15) is 4.79 Å². The van der Waals surface area contributed by atoms with Gasteiger partial charge in [0.2, 0.25) is 5.91 Å². The number of guanidine groups is 1. The summed E-state index contributed by atoms with van der Waals surface area (Å²) in [6, 6.07) is 5.76. The molecule has 26 heavy (non-hydrogen) atoms. The minimum absolute atomic E-state index is 0. The van der Waals surface area contributed by atoms with Gasteiger partial charge in [0.05, 0.1) is 5.41 Å². The number of aromatic nitrogens is 3. The lowest BCUT2D eigenvalue weighted by molar-refractivity contribution is -0.128. The predicted molar refractivity (Wildman–Crippen MR) is 114 cm³/mol. The highest BCUT2D eigenvalue weighted by molar-refractivity contribution is 14.0. The van der Waals surface area contributed by atoms with Crippen LogP contribution in [0, 0.1) is 5.41 Å². The summed E-state index contributed by atoms with van der Waals surface area (Å²) in [5, 5.41) is 17.6. The van der Waals surface area contributed by atoms with Gasteiger partial charge in [-0.2, -0.15) is 0 Å². The van der Waals surface area contributed by atoms with Crippen LogP contribution in [-0.2, 0) is 11.3 Å². The van der Waals surface area contributed by atoms with Crippen molar-refractivity contribution >= 4 is 41.5 Å². The number of rotatable bonds is 7. The van der Waals surface area contributed by atoms with Crippen LogP contribution in [0.1, 0.15) is 33.5 Å². The first-order chi connectivity index (χ1) is 12.0. The number of hydrogen-bond donors (Lipinski definition) is 3. The van der Waals surface area contributed by atoms with Crippen LogP contribution < -0.4 is 16.0 Å². The van der Waals surface area contributed by atoms with Gasteiger partial charge < -0.3 is 16.0 Å². The minimum atomic E-state index is -0.534. The summed E-state index contributed by atoms with van der Waals surface area (Å²) >= 11 is 0. The van der Waals surface area contributed by atoms with Crippen molar-refractivity contribution in [1.29, 1.82) is 0 Å². The number of nitrogens with one attached hydrogen (secondary N) is 3. The summed E-state index contributed by atoms with van der Waals surface area (Å²) in [4.78, 5) is 16.6. The fourth-order valence-corrected chi connectivity index (χ4v) is 2.28. The van der Waals surface area contributed by atoms with Gasteiger partial charge in [0.25, 0.3) is 0 Å². The Morgan fingerprint density at radius 1 is 1.15 bits per heavy atom. The van der Waals surface area contributed by atoms with Crippen molar-refractivity contribution in [1.82, 2.24) is 30.5 Å². The van der Waals surface area contributed by atoms with E-state index in [-0.39, 0.29) is 29.9 Å². The predicted octanol–water partition coefficient (Wildman–Crippen LogP) is 1.56. The van der Waals surface area contributed by atoms with Crippen LogP contribution in [0.2, 0.25) is 0 Å². The van der Waals surface area contributed by atoms with Crippen molar-refractivity contribution < 1.29 is 4.79 Å². The summed E-state index contributed by atoms with van der Waals surface area (Å²) in [6.45, 7) is 9.94. The lowest BCUT2D eigenvalue weighted by Gasteiger charge is -2.24. The van der Waals surface area contributed by atoms with Crippen LogP contribution in [0.15, 0.2) is 29.4 Å². The van der Waals surface area contributed by atoms with Crippen LogP contribution in [0.3, 0.4) is 0 Å². The number of carbonyl (C=O) groups excluding carboxylic acids is 1. The highest BCUT2D eigenvalue weighted by Gasteiger charge is 2.27. The molecule has 0 aliphatic heterocycles. The lowest BCUT2D eigenvalue weighted by Crippen LogP contribution is -2.47. The standard InChI is InChI=1S/C17H27N7O.HI/c1-5-18-15(25)17(3,4)12-21-16(19-6-2)20-11-14-23-22-13-9-7-8-10-24(13)14;/h7-10H,5-6,11-12H2,1-4H3,(H,18,25)(H2,19,20,21);1H. The summed E-state index contributed by atoms with van der Waals surface area (Å²) < 4.78 is 1.91. The monoisotopic (exact) mass is 473 g/mol. The van der Waals surface area contributed by atoms with Gasteiger partial charge in [-0.15, -0.1) is 34.2 Å². The van der Waals surface area contributed by atoms with Crippen molar-refractivity contribution in [3.63, 3.8) is 0 Å². The second-order valence-corrected chi connectivity index (χ2v) is 6.34. The van der Waals surface area contributed by atoms with Gasteiger partial charge in [-0.3, -0.25) is 9.20 Å². The topological polar surface area (TPSA) is 95.7 Å². The van der Waals surface area contributed by atoms with E-state index in [1.165, 1.54) is 0 Å². The van der Waals surface area contributed by atoms with Gasteiger partial charge in [-0.1, -0.05) is 6.07 Å². The number of hydrogen-bond acceptors (Lipinski definition) is 4. The molecule has 2 aromatic heterocycles. The zero-order valence-corrected chi connectivity index (χ0v) is 18.1. The van der Waals surface area contributed by atoms with Crippen LogP contribution >= 0.6 is 24.0 Å². The fraction of sp³-hybridized carbons (Fsp3) is 0.529. The van der Waals surface area contributed by atoms with E-state index < -0.39 is 5.41 Å². The molecule has 2 rings (SSSR count). The minimum Gasteiger partial charge on any atom is -0.357 e. The maximum Gasteiger partial charge on any atom is 0.227 e. The molecule has 0 bridgehead atoms. The summed E-state index contributed by atoms with van der Waals surface area (Å²) in [6.07, 6.45) is 1.92. The molecule has 0 aromatic carbocycles. The molecule has 3 N–H and O–H groups in total. The van der Waals surface area contributed by atoms with Gasteiger partial charge in [0.1, 0.15) is 6.54 Å². The highest BCUT2D eigenvalue weighted by atomic mass is 127. The SMILES string of the molecule is CCNC(=O)C(C)(C)CNC(=NCc1nnc2ccccn12)NCC.I. The van der Waals surface area contributed by atoms with Crippen LogP contribution in [-0.4, -0.2) is 46.1 Å². The average molecular weight is 473 g/mol. The Morgan fingerprint density at radius 3 is 2.58 bits per heavy atom. The number of halogens is 1. The molecule has 0 spiro atoms. The van der Waals surface area contributed by atoms with E-state index in [2.05, 4.69) is 31.1 Å². The molecule has 0 unspecified atom stereocenters. The Morgan fingerprint density at radius 2 is 1.88 bits per heavy atom. The molecule has 0 aliphatic rings. The molecule has 2 aromatic rings. The van der Waals surface area contributed by atoms with Crippen LogP contribution in [0.25, 0.3) is 5.65 Å². The van der Waals surface area contributed by atoms with E-state index in [4.69, 9.17) is 0 Å². The summed E-state index contributed by atoms with van der Waals surface area (Å²) in [5.41, 5.74) is 0.261. The van der Waals surface area contributed by atoms with Gasteiger partial charge in [0, 0.05) is 25.8 Å². The van der Waals surface area contributed by atoms with Gasteiger partial charge in [-0.25, -0.2) is 4.99 Å². The third-order valence-corrected chi connectivity index (χ3v) is 3.76. The summed E-state index contributed by atoms with van der Waals surface area (Å²) in [5.74, 6) is 1.42. The first-order valence-electron chi connectivity index (χ1n) is 8.57. The number of fused-ring (bicyclic) bond motifs is 1. The molecule has 0 fully saturated rings. The molecule has 9 heteroatoms. The number of pyridine rings is 1. The second-order valence-electron chi connectivity index (χ2n) is 6.34. The smallest absolute Gasteiger partial charge is 0.227 e. The molecule has 8 nitrogen and oxygen atoms in total. The maximum absolute atomic E-state index is 12.1. The summed E-state index contributed by atoms with van der Waals surface area (Å²) in [7, 11) is 0. The molecular weight excluding hydrogens is 445 g/mol. The Kier molecular flexibility index (Phi) is 8.76. The zero-order valence-electron chi connectivity index (χ0n) is 15.7. The largest absolute Gasteiger partial charge is 0.357 e. The molecule has 0 saturated heterocycles. The second kappa shape index (κ2) is 10.3. The Hall–Kier alpha value is -1.91. The molecule has 2 heterocycles. The fourth-order valence-electron chi connectivity index (χ4n) is 2.28. The van der Waals surface area contributed by atoms with Crippen molar-refractivity contribution in [2.45, 2.75) is 34.2 Å². The number of nitrogens with zero attached hydrogens (tertiary/aromatic N) is 4. The quantitative estimate of drug-likeness (QED) is 0.323. The third-order valence-electron chi connectivity index (χ3n) is 3.76. The molecule has 1 amide bonds. The van der Waals surface area contributed by atoms with Crippen molar-refractivity contribution in [3.8, 4) is 0 Å². The first kappa shape index (κ1) is 22.1. The van der Waals surface area contributed by atoms with Crippen LogP contribution in [0.4, 0.5) is 0 Å². The first-order valence-corrected chi connectivity index (χ1v) is 8.57. The Labute approximate surface area is 171 Å². The molecule has 0 aliphatic carbocycles. The van der Waals surface area contributed by atoms with E-state index in [0.29, 0.717) is 25.6 Å².